The summed E-state index contributed by atoms with van der Waals surface area (Å²) < 4.78 is 5.18. The smallest absolute Gasteiger partial charge is 0.124 e. The van der Waals surface area contributed by atoms with Gasteiger partial charge in [0.25, 0.3) is 0 Å². The van der Waals surface area contributed by atoms with Gasteiger partial charge in [-0.05, 0) is 24.6 Å². The second kappa shape index (κ2) is 4.29. The second-order valence-electron chi connectivity index (χ2n) is 2.72. The number of nitrogens with zero attached hydrogens (tertiary/aromatic N) is 1. The number of hydrogen-bond donors (Lipinski definition) is 0. The Balaban J connectivity index is 3.31. The van der Waals surface area contributed by atoms with Crippen molar-refractivity contribution in [2.24, 2.45) is 0 Å². The Morgan fingerprint density at radius 3 is 2.69 bits per heavy atom. The molecule has 1 aromatic rings. The molecule has 0 atom stereocenters. The molecule has 0 amide bonds. The van der Waals surface area contributed by atoms with Crippen LogP contribution in [-0.2, 0) is 5.33 Å². The summed E-state index contributed by atoms with van der Waals surface area (Å²) in [6, 6.07) is 5.71. The van der Waals surface area contributed by atoms with E-state index < -0.39 is 0 Å². The Bertz CT molecular complexity index is 355. The molecule has 0 saturated carbocycles. The molecule has 3 heteroatoms. The molecule has 0 radical (unpaired) electrons. The SMILES string of the molecule is COc1cc(C#N)cc(C)c1CBr. The van der Waals surface area contributed by atoms with Crippen LogP contribution in [0.25, 0.3) is 0 Å². The van der Waals surface area contributed by atoms with Gasteiger partial charge in [-0.25, -0.2) is 0 Å². The van der Waals surface area contributed by atoms with Gasteiger partial charge in [0.2, 0.25) is 0 Å². The number of hydrogen-bond acceptors (Lipinski definition) is 2. The molecule has 1 aromatic carbocycles. The zero-order valence-electron chi connectivity index (χ0n) is 7.60. The number of alkyl halides is 1. The summed E-state index contributed by atoms with van der Waals surface area (Å²) >= 11 is 3.38. The molecule has 68 valence electrons. The molecule has 13 heavy (non-hydrogen) atoms. The molecular weight excluding hydrogens is 230 g/mol. The van der Waals surface area contributed by atoms with E-state index in [1.54, 1.807) is 13.2 Å². The van der Waals surface area contributed by atoms with Crippen LogP contribution < -0.4 is 4.74 Å². The fourth-order valence-corrected chi connectivity index (χ4v) is 1.92. The number of ether oxygens (including phenoxy) is 1. The molecule has 1 rings (SSSR count). The quantitative estimate of drug-likeness (QED) is 0.744. The normalized spacial score (nSPS) is 9.38. The van der Waals surface area contributed by atoms with Crippen LogP contribution in [0, 0.1) is 18.3 Å². The summed E-state index contributed by atoms with van der Waals surface area (Å²) in [5.74, 6) is 0.772. The molecule has 0 spiro atoms. The maximum atomic E-state index is 8.73. The summed E-state index contributed by atoms with van der Waals surface area (Å²) in [5.41, 5.74) is 2.81. The molecule has 0 aliphatic carbocycles. The Labute approximate surface area is 86.3 Å². The number of benzene rings is 1. The van der Waals surface area contributed by atoms with Crippen molar-refractivity contribution in [3.63, 3.8) is 0 Å². The van der Waals surface area contributed by atoms with Crippen LogP contribution in [0.3, 0.4) is 0 Å². The lowest BCUT2D eigenvalue weighted by atomic mass is 10.1. The van der Waals surface area contributed by atoms with Crippen LogP contribution in [0.4, 0.5) is 0 Å². The number of halogens is 1. The van der Waals surface area contributed by atoms with E-state index >= 15 is 0 Å². The van der Waals surface area contributed by atoms with Crippen molar-refractivity contribution in [2.75, 3.05) is 7.11 Å². The van der Waals surface area contributed by atoms with Crippen molar-refractivity contribution in [1.82, 2.24) is 0 Å². The van der Waals surface area contributed by atoms with Gasteiger partial charge in [0, 0.05) is 10.9 Å². The van der Waals surface area contributed by atoms with Gasteiger partial charge in [0.1, 0.15) is 5.75 Å². The van der Waals surface area contributed by atoms with Crippen LogP contribution in [0.1, 0.15) is 16.7 Å². The molecule has 0 N–H and O–H groups in total. The minimum atomic E-state index is 0.638. The Morgan fingerprint density at radius 2 is 2.23 bits per heavy atom. The average Bonchev–Trinajstić information content (AvgIpc) is 2.16. The van der Waals surface area contributed by atoms with Gasteiger partial charge in [0.05, 0.1) is 18.7 Å². The van der Waals surface area contributed by atoms with E-state index in [9.17, 15) is 0 Å². The number of aryl methyl sites for hydroxylation is 1. The second-order valence-corrected chi connectivity index (χ2v) is 3.28. The molecular formula is C10H10BrNO. The fraction of sp³-hybridized carbons (Fsp3) is 0.300. The zero-order valence-corrected chi connectivity index (χ0v) is 9.18. The predicted molar refractivity (Wildman–Crippen MR) is 55.1 cm³/mol. The highest BCUT2D eigenvalue weighted by atomic mass is 79.9. The fourth-order valence-electron chi connectivity index (χ4n) is 1.20. The van der Waals surface area contributed by atoms with E-state index in [0.29, 0.717) is 5.56 Å². The van der Waals surface area contributed by atoms with Gasteiger partial charge in [-0.1, -0.05) is 15.9 Å². The molecule has 0 saturated heterocycles. The molecule has 0 fully saturated rings. The van der Waals surface area contributed by atoms with Gasteiger partial charge in [-0.3, -0.25) is 0 Å². The lowest BCUT2D eigenvalue weighted by Gasteiger charge is -2.09. The third kappa shape index (κ3) is 2.02. The maximum absolute atomic E-state index is 8.73. The Hall–Kier alpha value is -1.01. The van der Waals surface area contributed by atoms with Crippen LogP contribution in [0.15, 0.2) is 12.1 Å². The van der Waals surface area contributed by atoms with Crippen molar-refractivity contribution in [2.45, 2.75) is 12.3 Å². The van der Waals surface area contributed by atoms with E-state index in [-0.39, 0.29) is 0 Å². The molecule has 0 heterocycles. The summed E-state index contributed by atoms with van der Waals surface area (Å²) in [6.45, 7) is 1.97. The summed E-state index contributed by atoms with van der Waals surface area (Å²) in [5, 5.41) is 9.47. The first-order valence-electron chi connectivity index (χ1n) is 3.86. The highest BCUT2D eigenvalue weighted by Gasteiger charge is 2.06. The van der Waals surface area contributed by atoms with E-state index in [4.69, 9.17) is 10.00 Å². The predicted octanol–water partition coefficient (Wildman–Crippen LogP) is 2.77. The van der Waals surface area contributed by atoms with E-state index in [0.717, 1.165) is 22.2 Å². The molecule has 0 unspecified atom stereocenters. The minimum Gasteiger partial charge on any atom is -0.496 e. The van der Waals surface area contributed by atoms with E-state index in [1.165, 1.54) is 0 Å². The molecule has 2 nitrogen and oxygen atoms in total. The van der Waals surface area contributed by atoms with Crippen LogP contribution in [0.2, 0.25) is 0 Å². The van der Waals surface area contributed by atoms with Gasteiger partial charge in [-0.2, -0.15) is 5.26 Å². The molecule has 0 aromatic heterocycles. The van der Waals surface area contributed by atoms with E-state index in [2.05, 4.69) is 22.0 Å². The van der Waals surface area contributed by atoms with Gasteiger partial charge < -0.3 is 4.74 Å². The monoisotopic (exact) mass is 239 g/mol. The van der Waals surface area contributed by atoms with Gasteiger partial charge >= 0.3 is 0 Å². The topological polar surface area (TPSA) is 33.0 Å². The zero-order chi connectivity index (χ0) is 9.84. The highest BCUT2D eigenvalue weighted by molar-refractivity contribution is 9.08. The first-order valence-corrected chi connectivity index (χ1v) is 4.98. The molecule has 0 aliphatic rings. The molecule has 0 aliphatic heterocycles. The average molecular weight is 240 g/mol. The van der Waals surface area contributed by atoms with Gasteiger partial charge in [0.15, 0.2) is 0 Å². The van der Waals surface area contributed by atoms with Crippen LogP contribution in [-0.4, -0.2) is 7.11 Å². The third-order valence-corrected chi connectivity index (χ3v) is 2.48. The van der Waals surface area contributed by atoms with Crippen molar-refractivity contribution >= 4 is 15.9 Å². The number of nitriles is 1. The maximum Gasteiger partial charge on any atom is 0.124 e. The molecule has 0 bridgehead atoms. The largest absolute Gasteiger partial charge is 0.496 e. The lowest BCUT2D eigenvalue weighted by molar-refractivity contribution is 0.411. The van der Waals surface area contributed by atoms with Crippen molar-refractivity contribution in [3.05, 3.63) is 28.8 Å². The standard InChI is InChI=1S/C10H10BrNO/c1-7-3-8(6-12)4-10(13-2)9(7)5-11/h3-4H,5H2,1-2H3. The Kier molecular flexibility index (Phi) is 3.32. The first kappa shape index (κ1) is 10.1. The van der Waals surface area contributed by atoms with Crippen LogP contribution >= 0.6 is 15.9 Å². The third-order valence-electron chi connectivity index (χ3n) is 1.91. The van der Waals surface area contributed by atoms with Gasteiger partial charge in [-0.15, -0.1) is 0 Å². The van der Waals surface area contributed by atoms with E-state index in [1.807, 2.05) is 13.0 Å². The minimum absolute atomic E-state index is 0.638. The van der Waals surface area contributed by atoms with Crippen LogP contribution in [0.5, 0.6) is 5.75 Å². The van der Waals surface area contributed by atoms with Crippen molar-refractivity contribution in [3.8, 4) is 11.8 Å². The Morgan fingerprint density at radius 1 is 1.54 bits per heavy atom. The number of rotatable bonds is 2. The first-order chi connectivity index (χ1) is 6.22. The number of methoxy groups -OCH3 is 1. The lowest BCUT2D eigenvalue weighted by Crippen LogP contribution is -1.94. The van der Waals surface area contributed by atoms with Crippen molar-refractivity contribution < 1.29 is 4.74 Å². The summed E-state index contributed by atoms with van der Waals surface area (Å²) in [4.78, 5) is 0. The summed E-state index contributed by atoms with van der Waals surface area (Å²) in [7, 11) is 1.61. The highest BCUT2D eigenvalue weighted by Crippen LogP contribution is 2.26. The summed E-state index contributed by atoms with van der Waals surface area (Å²) in [6.07, 6.45) is 0. The van der Waals surface area contributed by atoms with Crippen molar-refractivity contribution in [1.29, 1.82) is 5.26 Å².